The number of hydrogen-bond acceptors (Lipinski definition) is 6. The summed E-state index contributed by atoms with van der Waals surface area (Å²) in [6.07, 6.45) is 0.714. The highest BCUT2D eigenvalue weighted by molar-refractivity contribution is 5.95. The number of aromatic nitrogens is 1. The smallest absolute Gasteiger partial charge is 0.356 e. The van der Waals surface area contributed by atoms with Crippen molar-refractivity contribution in [3.8, 4) is 11.8 Å². The van der Waals surface area contributed by atoms with E-state index in [1.807, 2.05) is 0 Å². The van der Waals surface area contributed by atoms with Crippen LogP contribution in [0, 0.1) is 11.3 Å². The molecule has 0 radical (unpaired) electrons. The van der Waals surface area contributed by atoms with Crippen molar-refractivity contribution in [2.45, 2.75) is 6.42 Å². The first-order valence-electron chi connectivity index (χ1n) is 6.75. The van der Waals surface area contributed by atoms with Crippen LogP contribution in [0.2, 0.25) is 0 Å². The van der Waals surface area contributed by atoms with Gasteiger partial charge in [0.25, 0.3) is 0 Å². The monoisotopic (exact) mass is 300 g/mol. The number of rotatable bonds is 6. The molecule has 0 amide bonds. The van der Waals surface area contributed by atoms with Gasteiger partial charge in [-0.2, -0.15) is 5.26 Å². The molecule has 0 spiro atoms. The van der Waals surface area contributed by atoms with Crippen molar-refractivity contribution in [1.29, 1.82) is 5.26 Å². The molecule has 6 nitrogen and oxygen atoms in total. The van der Waals surface area contributed by atoms with E-state index in [9.17, 15) is 10.1 Å². The number of nitrogens with zero attached hydrogens (tertiary/aromatic N) is 2. The summed E-state index contributed by atoms with van der Waals surface area (Å²) in [4.78, 5) is 16.0. The molecule has 0 atom stereocenters. The fourth-order valence-corrected chi connectivity index (χ4v) is 2.02. The lowest BCUT2D eigenvalue weighted by atomic mass is 10.1. The SMILES string of the molecule is COCCCOc1cc(C(=O)OC)nc2c(C#N)cccc12. The molecule has 0 N–H and O–H groups in total. The molecular formula is C16H16N2O4. The molecule has 0 aliphatic rings. The molecule has 1 aromatic carbocycles. The summed E-state index contributed by atoms with van der Waals surface area (Å²) >= 11 is 0. The third-order valence-corrected chi connectivity index (χ3v) is 3.07. The number of benzene rings is 1. The van der Waals surface area contributed by atoms with Gasteiger partial charge in [0.05, 0.1) is 24.8 Å². The first-order chi connectivity index (χ1) is 10.7. The zero-order valence-corrected chi connectivity index (χ0v) is 12.5. The molecule has 0 saturated heterocycles. The second-order valence-electron chi connectivity index (χ2n) is 4.51. The Morgan fingerprint density at radius 1 is 1.32 bits per heavy atom. The highest BCUT2D eigenvalue weighted by Crippen LogP contribution is 2.28. The Kier molecular flexibility index (Phi) is 5.28. The van der Waals surface area contributed by atoms with Gasteiger partial charge >= 0.3 is 5.97 Å². The summed E-state index contributed by atoms with van der Waals surface area (Å²) in [5.41, 5.74) is 0.916. The molecule has 2 aromatic rings. The van der Waals surface area contributed by atoms with Gasteiger partial charge in [-0.25, -0.2) is 9.78 Å². The number of fused-ring (bicyclic) bond motifs is 1. The van der Waals surface area contributed by atoms with E-state index in [-0.39, 0.29) is 5.69 Å². The van der Waals surface area contributed by atoms with Crippen molar-refractivity contribution in [3.63, 3.8) is 0 Å². The summed E-state index contributed by atoms with van der Waals surface area (Å²) in [5.74, 6) is -0.0741. The van der Waals surface area contributed by atoms with Crippen LogP contribution in [-0.2, 0) is 9.47 Å². The van der Waals surface area contributed by atoms with E-state index >= 15 is 0 Å². The maximum Gasteiger partial charge on any atom is 0.356 e. The Morgan fingerprint density at radius 3 is 2.82 bits per heavy atom. The number of hydrogen-bond donors (Lipinski definition) is 0. The Bertz CT molecular complexity index is 722. The number of para-hydroxylation sites is 1. The fourth-order valence-electron chi connectivity index (χ4n) is 2.02. The van der Waals surface area contributed by atoms with E-state index in [1.54, 1.807) is 25.3 Å². The van der Waals surface area contributed by atoms with E-state index in [2.05, 4.69) is 11.1 Å². The van der Waals surface area contributed by atoms with Crippen LogP contribution < -0.4 is 4.74 Å². The Hall–Kier alpha value is -2.65. The van der Waals surface area contributed by atoms with E-state index < -0.39 is 5.97 Å². The topological polar surface area (TPSA) is 81.4 Å². The second-order valence-corrected chi connectivity index (χ2v) is 4.51. The van der Waals surface area contributed by atoms with Crippen molar-refractivity contribution < 1.29 is 19.0 Å². The van der Waals surface area contributed by atoms with E-state index in [1.165, 1.54) is 13.2 Å². The summed E-state index contributed by atoms with van der Waals surface area (Å²) in [6.45, 7) is 1.01. The van der Waals surface area contributed by atoms with Crippen LogP contribution >= 0.6 is 0 Å². The van der Waals surface area contributed by atoms with Crippen molar-refractivity contribution in [1.82, 2.24) is 4.98 Å². The average molecular weight is 300 g/mol. The zero-order valence-electron chi connectivity index (χ0n) is 12.5. The van der Waals surface area contributed by atoms with Crippen LogP contribution in [0.25, 0.3) is 10.9 Å². The minimum atomic E-state index is -0.573. The molecule has 22 heavy (non-hydrogen) atoms. The molecule has 114 valence electrons. The van der Waals surface area contributed by atoms with E-state index in [4.69, 9.17) is 14.2 Å². The molecule has 0 aliphatic carbocycles. The normalized spacial score (nSPS) is 10.2. The third-order valence-electron chi connectivity index (χ3n) is 3.07. The van der Waals surface area contributed by atoms with Crippen LogP contribution in [0.15, 0.2) is 24.3 Å². The van der Waals surface area contributed by atoms with E-state index in [0.717, 1.165) is 0 Å². The lowest BCUT2D eigenvalue weighted by Crippen LogP contribution is -2.07. The number of carbonyl (C=O) groups is 1. The number of nitriles is 1. The third kappa shape index (κ3) is 3.32. The maximum atomic E-state index is 11.7. The summed E-state index contributed by atoms with van der Waals surface area (Å²) < 4.78 is 15.4. The molecule has 1 heterocycles. The highest BCUT2D eigenvalue weighted by Gasteiger charge is 2.15. The maximum absolute atomic E-state index is 11.7. The minimum absolute atomic E-state index is 0.111. The molecule has 0 bridgehead atoms. The van der Waals surface area contributed by atoms with Crippen molar-refractivity contribution in [2.75, 3.05) is 27.4 Å². The number of carbonyl (C=O) groups excluding carboxylic acids is 1. The summed E-state index contributed by atoms with van der Waals surface area (Å²) in [7, 11) is 2.90. The summed E-state index contributed by atoms with van der Waals surface area (Å²) in [6, 6.07) is 8.80. The van der Waals surface area contributed by atoms with Crippen LogP contribution in [-0.4, -0.2) is 38.4 Å². The van der Waals surface area contributed by atoms with Gasteiger partial charge in [-0.3, -0.25) is 0 Å². The van der Waals surface area contributed by atoms with Gasteiger partial charge in [0.2, 0.25) is 0 Å². The average Bonchev–Trinajstić information content (AvgIpc) is 2.57. The molecule has 0 unspecified atom stereocenters. The van der Waals surface area contributed by atoms with Crippen molar-refractivity contribution in [2.24, 2.45) is 0 Å². The number of methoxy groups -OCH3 is 2. The van der Waals surface area contributed by atoms with Crippen LogP contribution in [0.5, 0.6) is 5.75 Å². The van der Waals surface area contributed by atoms with Gasteiger partial charge in [0.1, 0.15) is 11.8 Å². The Balaban J connectivity index is 2.47. The zero-order chi connectivity index (χ0) is 15.9. The number of ether oxygens (including phenoxy) is 3. The molecular weight excluding hydrogens is 284 g/mol. The fraction of sp³-hybridized carbons (Fsp3) is 0.312. The number of pyridine rings is 1. The predicted octanol–water partition coefficient (Wildman–Crippen LogP) is 2.31. The van der Waals surface area contributed by atoms with Gasteiger partial charge in [0, 0.05) is 31.6 Å². The molecule has 6 heteroatoms. The second kappa shape index (κ2) is 7.38. The van der Waals surface area contributed by atoms with E-state index in [0.29, 0.717) is 41.9 Å². The standard InChI is InChI=1S/C16H16N2O4/c1-20-7-4-8-22-14-9-13(16(19)21-2)18-15-11(10-17)5-3-6-12(14)15/h3,5-6,9H,4,7-8H2,1-2H3. The van der Waals surface area contributed by atoms with Gasteiger partial charge < -0.3 is 14.2 Å². The molecule has 1 aromatic heterocycles. The van der Waals surface area contributed by atoms with Gasteiger partial charge in [-0.15, -0.1) is 0 Å². The first kappa shape index (κ1) is 15.7. The van der Waals surface area contributed by atoms with Crippen LogP contribution in [0.4, 0.5) is 0 Å². The lowest BCUT2D eigenvalue weighted by Gasteiger charge is -2.11. The van der Waals surface area contributed by atoms with Crippen molar-refractivity contribution >= 4 is 16.9 Å². The van der Waals surface area contributed by atoms with Crippen LogP contribution in [0.3, 0.4) is 0 Å². The predicted molar refractivity (Wildman–Crippen MR) is 79.8 cm³/mol. The molecule has 0 saturated carbocycles. The quantitative estimate of drug-likeness (QED) is 0.601. The minimum Gasteiger partial charge on any atom is -0.493 e. The first-order valence-corrected chi connectivity index (χ1v) is 6.75. The Morgan fingerprint density at radius 2 is 2.14 bits per heavy atom. The van der Waals surface area contributed by atoms with Gasteiger partial charge in [-0.05, 0) is 12.1 Å². The summed E-state index contributed by atoms with van der Waals surface area (Å²) in [5, 5.41) is 9.88. The lowest BCUT2D eigenvalue weighted by molar-refractivity contribution is 0.0594. The molecule has 0 fully saturated rings. The largest absolute Gasteiger partial charge is 0.493 e. The highest BCUT2D eigenvalue weighted by atomic mass is 16.5. The van der Waals surface area contributed by atoms with Crippen LogP contribution in [0.1, 0.15) is 22.5 Å². The van der Waals surface area contributed by atoms with Gasteiger partial charge in [-0.1, -0.05) is 6.07 Å². The molecule has 2 rings (SSSR count). The molecule has 0 aliphatic heterocycles. The van der Waals surface area contributed by atoms with Crippen molar-refractivity contribution in [3.05, 3.63) is 35.5 Å². The Labute approximate surface area is 128 Å². The van der Waals surface area contributed by atoms with Gasteiger partial charge in [0.15, 0.2) is 5.69 Å². The number of esters is 1.